The predicted molar refractivity (Wildman–Crippen MR) is 99.1 cm³/mol. The van der Waals surface area contributed by atoms with Gasteiger partial charge in [-0.2, -0.15) is 5.26 Å². The molecule has 25 heavy (non-hydrogen) atoms. The first-order valence-electron chi connectivity index (χ1n) is 8.07. The first-order valence-corrected chi connectivity index (χ1v) is 9.06. The van der Waals surface area contributed by atoms with Crippen molar-refractivity contribution in [2.24, 2.45) is 0 Å². The number of hydrogen-bond acceptors (Lipinski definition) is 4. The van der Waals surface area contributed by atoms with Gasteiger partial charge in [-0.15, -0.1) is 0 Å². The Labute approximate surface area is 151 Å². The van der Waals surface area contributed by atoms with Crippen LogP contribution >= 0.6 is 11.8 Å². The number of rotatable bonds is 6. The monoisotopic (exact) mass is 349 g/mol. The van der Waals surface area contributed by atoms with Crippen LogP contribution in [0.2, 0.25) is 0 Å². The van der Waals surface area contributed by atoms with E-state index < -0.39 is 0 Å². The fourth-order valence-electron chi connectivity index (χ4n) is 2.79. The summed E-state index contributed by atoms with van der Waals surface area (Å²) in [5, 5.41) is 19.8. The molecule has 1 atom stereocenters. The summed E-state index contributed by atoms with van der Waals surface area (Å²) in [5.41, 5.74) is 3.62. The van der Waals surface area contributed by atoms with Crippen LogP contribution in [0.15, 0.2) is 66.0 Å². The third kappa shape index (κ3) is 3.76. The summed E-state index contributed by atoms with van der Waals surface area (Å²) in [6.45, 7) is 2.04. The minimum atomic E-state index is -0.0560. The van der Waals surface area contributed by atoms with Crippen LogP contribution in [0.25, 0.3) is 0 Å². The molecule has 2 aromatic carbocycles. The SMILES string of the molecule is CC(c1ccccc1)n1c(CO)cnc1SCc1ccccc1C#N. The highest BCUT2D eigenvalue weighted by Gasteiger charge is 2.17. The molecule has 1 unspecified atom stereocenters. The zero-order chi connectivity index (χ0) is 17.6. The molecule has 3 aromatic rings. The van der Waals surface area contributed by atoms with Crippen molar-refractivity contribution in [1.29, 1.82) is 5.26 Å². The minimum Gasteiger partial charge on any atom is -0.390 e. The van der Waals surface area contributed by atoms with E-state index in [0.29, 0.717) is 11.3 Å². The van der Waals surface area contributed by atoms with Gasteiger partial charge in [0.2, 0.25) is 0 Å². The van der Waals surface area contributed by atoms with Crippen molar-refractivity contribution in [3.05, 3.63) is 83.2 Å². The fourth-order valence-corrected chi connectivity index (χ4v) is 3.87. The van der Waals surface area contributed by atoms with E-state index in [-0.39, 0.29) is 12.6 Å². The maximum absolute atomic E-state index is 9.68. The van der Waals surface area contributed by atoms with E-state index in [0.717, 1.165) is 22.0 Å². The lowest BCUT2D eigenvalue weighted by Gasteiger charge is -2.19. The number of nitriles is 1. The molecule has 0 aliphatic rings. The Morgan fingerprint density at radius 2 is 1.88 bits per heavy atom. The van der Waals surface area contributed by atoms with Crippen LogP contribution in [0.3, 0.4) is 0 Å². The molecule has 5 heteroatoms. The van der Waals surface area contributed by atoms with Gasteiger partial charge in [-0.1, -0.05) is 60.3 Å². The molecule has 1 aromatic heterocycles. The van der Waals surface area contributed by atoms with Gasteiger partial charge in [0.15, 0.2) is 5.16 Å². The zero-order valence-electron chi connectivity index (χ0n) is 14.0. The van der Waals surface area contributed by atoms with Crippen LogP contribution in [0, 0.1) is 11.3 Å². The average molecular weight is 349 g/mol. The molecule has 0 radical (unpaired) electrons. The third-order valence-corrected chi connectivity index (χ3v) is 5.18. The van der Waals surface area contributed by atoms with Gasteiger partial charge in [0, 0.05) is 5.75 Å². The summed E-state index contributed by atoms with van der Waals surface area (Å²) < 4.78 is 2.06. The van der Waals surface area contributed by atoms with Crippen molar-refractivity contribution in [2.75, 3.05) is 0 Å². The number of aliphatic hydroxyl groups excluding tert-OH is 1. The Kier molecular flexibility index (Phi) is 5.54. The Bertz CT molecular complexity index is 883. The highest BCUT2D eigenvalue weighted by molar-refractivity contribution is 7.98. The summed E-state index contributed by atoms with van der Waals surface area (Å²) in [7, 11) is 0. The van der Waals surface area contributed by atoms with Crippen LogP contribution < -0.4 is 0 Å². The van der Waals surface area contributed by atoms with Crippen LogP contribution in [-0.2, 0) is 12.4 Å². The number of aliphatic hydroxyl groups is 1. The van der Waals surface area contributed by atoms with Crippen LogP contribution in [0.4, 0.5) is 0 Å². The van der Waals surface area contributed by atoms with Crippen molar-refractivity contribution in [2.45, 2.75) is 30.5 Å². The molecule has 3 rings (SSSR count). The van der Waals surface area contributed by atoms with E-state index in [9.17, 15) is 10.4 Å². The van der Waals surface area contributed by atoms with E-state index >= 15 is 0 Å². The summed E-state index contributed by atoms with van der Waals surface area (Å²) >= 11 is 1.58. The van der Waals surface area contributed by atoms with Gasteiger partial charge in [-0.25, -0.2) is 4.98 Å². The molecule has 0 aliphatic carbocycles. The van der Waals surface area contributed by atoms with Crippen molar-refractivity contribution < 1.29 is 5.11 Å². The highest BCUT2D eigenvalue weighted by Crippen LogP contribution is 2.30. The number of nitrogens with zero attached hydrogens (tertiary/aromatic N) is 3. The molecule has 1 N–H and O–H groups in total. The average Bonchev–Trinajstić information content (AvgIpc) is 3.09. The molecule has 0 amide bonds. The smallest absolute Gasteiger partial charge is 0.169 e. The summed E-state index contributed by atoms with van der Waals surface area (Å²) in [4.78, 5) is 4.49. The predicted octanol–water partition coefficient (Wildman–Crippen LogP) is 4.15. The molecule has 4 nitrogen and oxygen atoms in total. The number of aromatic nitrogens is 2. The van der Waals surface area contributed by atoms with E-state index in [2.05, 4.69) is 34.7 Å². The first kappa shape index (κ1) is 17.3. The second kappa shape index (κ2) is 8.02. The van der Waals surface area contributed by atoms with Gasteiger partial charge in [0.25, 0.3) is 0 Å². The topological polar surface area (TPSA) is 61.8 Å². The van der Waals surface area contributed by atoms with Gasteiger partial charge in [0.1, 0.15) is 0 Å². The van der Waals surface area contributed by atoms with Gasteiger partial charge in [0.05, 0.1) is 36.2 Å². The van der Waals surface area contributed by atoms with Crippen LogP contribution in [0.1, 0.15) is 35.3 Å². The molecule has 0 bridgehead atoms. The molecule has 0 saturated carbocycles. The quantitative estimate of drug-likeness (QED) is 0.679. The third-order valence-electron chi connectivity index (χ3n) is 4.17. The van der Waals surface area contributed by atoms with Crippen molar-refractivity contribution in [1.82, 2.24) is 9.55 Å². The van der Waals surface area contributed by atoms with E-state index in [1.54, 1.807) is 18.0 Å². The van der Waals surface area contributed by atoms with Crippen molar-refractivity contribution in [3.63, 3.8) is 0 Å². The number of thioether (sulfide) groups is 1. The zero-order valence-corrected chi connectivity index (χ0v) is 14.8. The number of hydrogen-bond donors (Lipinski definition) is 1. The Morgan fingerprint density at radius 1 is 1.16 bits per heavy atom. The van der Waals surface area contributed by atoms with E-state index in [4.69, 9.17) is 0 Å². The standard InChI is InChI=1S/C20H19N3OS/c1-15(16-7-3-2-4-8-16)23-19(13-24)12-22-20(23)25-14-18-10-6-5-9-17(18)11-21/h2-10,12,15,24H,13-14H2,1H3. The molecule has 0 saturated heterocycles. The Balaban J connectivity index is 1.88. The molecule has 0 fully saturated rings. The van der Waals surface area contributed by atoms with Gasteiger partial charge >= 0.3 is 0 Å². The molecule has 1 heterocycles. The van der Waals surface area contributed by atoms with Crippen molar-refractivity contribution in [3.8, 4) is 6.07 Å². The van der Waals surface area contributed by atoms with Gasteiger partial charge in [-0.05, 0) is 24.1 Å². The Morgan fingerprint density at radius 3 is 2.60 bits per heavy atom. The highest BCUT2D eigenvalue weighted by atomic mass is 32.2. The maximum Gasteiger partial charge on any atom is 0.169 e. The summed E-state index contributed by atoms with van der Waals surface area (Å²) in [6.07, 6.45) is 1.72. The van der Waals surface area contributed by atoms with Crippen LogP contribution in [-0.4, -0.2) is 14.7 Å². The van der Waals surface area contributed by atoms with E-state index in [1.165, 1.54) is 0 Å². The Hall–Kier alpha value is -2.55. The van der Waals surface area contributed by atoms with Gasteiger partial charge < -0.3 is 9.67 Å². The second-order valence-electron chi connectivity index (χ2n) is 5.70. The normalized spacial score (nSPS) is 11.9. The lowest BCUT2D eigenvalue weighted by atomic mass is 10.1. The maximum atomic E-state index is 9.68. The molecule has 0 aliphatic heterocycles. The molecule has 126 valence electrons. The largest absolute Gasteiger partial charge is 0.390 e. The molecular formula is C20H19N3OS. The molecule has 0 spiro atoms. The number of imidazole rings is 1. The number of benzene rings is 2. The second-order valence-corrected chi connectivity index (χ2v) is 6.65. The van der Waals surface area contributed by atoms with Gasteiger partial charge in [-0.3, -0.25) is 0 Å². The molecular weight excluding hydrogens is 330 g/mol. The lowest BCUT2D eigenvalue weighted by Crippen LogP contribution is -2.11. The van der Waals surface area contributed by atoms with Crippen molar-refractivity contribution >= 4 is 11.8 Å². The van der Waals surface area contributed by atoms with E-state index in [1.807, 2.05) is 42.5 Å². The fraction of sp³-hybridized carbons (Fsp3) is 0.200. The lowest BCUT2D eigenvalue weighted by molar-refractivity contribution is 0.267. The summed E-state index contributed by atoms with van der Waals surface area (Å²) in [6, 6.07) is 20.1. The van der Waals surface area contributed by atoms with Crippen LogP contribution in [0.5, 0.6) is 0 Å². The minimum absolute atomic E-state index is 0.0560. The summed E-state index contributed by atoms with van der Waals surface area (Å²) in [5.74, 6) is 0.660. The first-order chi connectivity index (χ1) is 12.2.